The van der Waals surface area contributed by atoms with Gasteiger partial charge in [0.25, 0.3) is 0 Å². The number of halogens is 3. The van der Waals surface area contributed by atoms with Gasteiger partial charge >= 0.3 is 6.18 Å². The monoisotopic (exact) mass is 494 g/mol. The number of aromatic nitrogens is 4. The lowest BCUT2D eigenvalue weighted by Crippen LogP contribution is -2.54. The summed E-state index contributed by atoms with van der Waals surface area (Å²) in [6.45, 7) is 6.69. The standard InChI is InChI=1S/C22H25F3N6O2S/c1-13-11-29(9-10-30(13)18(32)12-31-15(3)26-14(2)28-31)20-19(27-21(34-20)22(23,24)25)16-5-7-17(33-4)8-6-16/h5-8,13H,9-12H2,1-4H3. The Labute approximate surface area is 199 Å². The van der Waals surface area contributed by atoms with E-state index in [1.807, 2.05) is 11.8 Å². The Balaban J connectivity index is 1.56. The summed E-state index contributed by atoms with van der Waals surface area (Å²) in [5, 5.41) is 3.79. The molecule has 1 saturated heterocycles. The van der Waals surface area contributed by atoms with Crippen LogP contribution in [0.3, 0.4) is 0 Å². The zero-order chi connectivity index (χ0) is 24.6. The van der Waals surface area contributed by atoms with Crippen molar-refractivity contribution in [1.82, 2.24) is 24.6 Å². The van der Waals surface area contributed by atoms with Crippen LogP contribution in [0.25, 0.3) is 11.3 Å². The number of carbonyl (C=O) groups excluding carboxylic acids is 1. The smallest absolute Gasteiger partial charge is 0.443 e. The van der Waals surface area contributed by atoms with E-state index in [0.29, 0.717) is 58.9 Å². The van der Waals surface area contributed by atoms with E-state index in [-0.39, 0.29) is 24.2 Å². The van der Waals surface area contributed by atoms with Crippen molar-refractivity contribution in [3.63, 3.8) is 0 Å². The molecule has 0 N–H and O–H groups in total. The van der Waals surface area contributed by atoms with Crippen molar-refractivity contribution in [2.45, 2.75) is 39.5 Å². The minimum Gasteiger partial charge on any atom is -0.497 e. The summed E-state index contributed by atoms with van der Waals surface area (Å²) < 4.78 is 47.3. The van der Waals surface area contributed by atoms with Crippen LogP contribution in [0.5, 0.6) is 5.75 Å². The molecule has 12 heteroatoms. The number of benzene rings is 1. The van der Waals surface area contributed by atoms with Gasteiger partial charge in [0.1, 0.15) is 34.6 Å². The molecule has 182 valence electrons. The summed E-state index contributed by atoms with van der Waals surface area (Å²) in [6, 6.07) is 6.58. The van der Waals surface area contributed by atoms with Gasteiger partial charge in [0.15, 0.2) is 0 Å². The van der Waals surface area contributed by atoms with Crippen LogP contribution in [0.4, 0.5) is 18.2 Å². The first-order valence-corrected chi connectivity index (χ1v) is 11.5. The number of thiazole rings is 1. The average Bonchev–Trinajstić information content (AvgIpc) is 3.37. The highest BCUT2D eigenvalue weighted by Crippen LogP contribution is 2.43. The zero-order valence-electron chi connectivity index (χ0n) is 19.3. The fourth-order valence-corrected chi connectivity index (χ4v) is 5.02. The molecule has 8 nitrogen and oxygen atoms in total. The molecule has 1 unspecified atom stereocenters. The first-order valence-electron chi connectivity index (χ1n) is 10.7. The molecule has 0 bridgehead atoms. The lowest BCUT2D eigenvalue weighted by molar-refractivity contribution is -0.137. The van der Waals surface area contributed by atoms with E-state index in [1.165, 1.54) is 7.11 Å². The molecule has 2 aromatic heterocycles. The normalized spacial score (nSPS) is 16.7. The second-order valence-electron chi connectivity index (χ2n) is 8.15. The Hall–Kier alpha value is -3.15. The van der Waals surface area contributed by atoms with Crippen LogP contribution < -0.4 is 9.64 Å². The fraction of sp³-hybridized carbons (Fsp3) is 0.455. The molecule has 4 rings (SSSR count). The van der Waals surface area contributed by atoms with Gasteiger partial charge in [-0.3, -0.25) is 4.79 Å². The molecule has 1 atom stereocenters. The molecule has 0 aliphatic carbocycles. The SMILES string of the molecule is COc1ccc(-c2nc(C(F)(F)F)sc2N2CCN(C(=O)Cn3nc(C)nc3C)C(C)C2)cc1. The summed E-state index contributed by atoms with van der Waals surface area (Å²) >= 11 is 0.629. The summed E-state index contributed by atoms with van der Waals surface area (Å²) in [7, 11) is 1.53. The van der Waals surface area contributed by atoms with Crippen molar-refractivity contribution in [3.8, 4) is 17.0 Å². The maximum atomic E-state index is 13.5. The minimum atomic E-state index is -4.54. The van der Waals surface area contributed by atoms with Crippen molar-refractivity contribution in [3.05, 3.63) is 40.9 Å². The predicted molar refractivity (Wildman–Crippen MR) is 122 cm³/mol. The number of alkyl halides is 3. The third-order valence-corrected chi connectivity index (χ3v) is 6.86. The number of rotatable bonds is 5. The number of hydrogen-bond acceptors (Lipinski definition) is 7. The van der Waals surface area contributed by atoms with E-state index in [0.717, 1.165) is 0 Å². The Morgan fingerprint density at radius 1 is 1.18 bits per heavy atom. The maximum Gasteiger partial charge on any atom is 0.443 e. The van der Waals surface area contributed by atoms with Gasteiger partial charge in [-0.25, -0.2) is 14.6 Å². The number of anilines is 1. The van der Waals surface area contributed by atoms with E-state index in [4.69, 9.17) is 4.74 Å². The largest absolute Gasteiger partial charge is 0.497 e. The highest BCUT2D eigenvalue weighted by Gasteiger charge is 2.38. The Morgan fingerprint density at radius 3 is 2.44 bits per heavy atom. The molecule has 0 saturated carbocycles. The van der Waals surface area contributed by atoms with Gasteiger partial charge in [-0.2, -0.15) is 18.3 Å². The number of amides is 1. The molecule has 34 heavy (non-hydrogen) atoms. The molecule has 0 radical (unpaired) electrons. The third-order valence-electron chi connectivity index (χ3n) is 5.70. The van der Waals surface area contributed by atoms with Crippen molar-refractivity contribution in [2.75, 3.05) is 31.6 Å². The molecule has 3 aromatic rings. The van der Waals surface area contributed by atoms with Crippen molar-refractivity contribution in [2.24, 2.45) is 0 Å². The van der Waals surface area contributed by atoms with Crippen LogP contribution in [-0.2, 0) is 17.5 Å². The Bertz CT molecular complexity index is 1170. The van der Waals surface area contributed by atoms with Gasteiger partial charge in [-0.1, -0.05) is 11.3 Å². The molecule has 1 aliphatic rings. The Kier molecular flexibility index (Phi) is 6.52. The number of carbonyl (C=O) groups is 1. The van der Waals surface area contributed by atoms with E-state index >= 15 is 0 Å². The van der Waals surface area contributed by atoms with Crippen molar-refractivity contribution >= 4 is 22.2 Å². The predicted octanol–water partition coefficient (Wildman–Crippen LogP) is 3.78. The number of nitrogens with zero attached hydrogens (tertiary/aromatic N) is 6. The zero-order valence-corrected chi connectivity index (χ0v) is 20.1. The topological polar surface area (TPSA) is 76.4 Å². The molecule has 1 fully saturated rings. The minimum absolute atomic E-state index is 0.0763. The van der Waals surface area contributed by atoms with E-state index in [1.54, 1.807) is 47.7 Å². The van der Waals surface area contributed by atoms with E-state index < -0.39 is 11.2 Å². The van der Waals surface area contributed by atoms with Crippen LogP contribution in [0.2, 0.25) is 0 Å². The van der Waals surface area contributed by atoms with Gasteiger partial charge in [-0.15, -0.1) is 0 Å². The van der Waals surface area contributed by atoms with Crippen LogP contribution in [0.1, 0.15) is 23.6 Å². The average molecular weight is 495 g/mol. The highest BCUT2D eigenvalue weighted by atomic mass is 32.1. The molecule has 0 spiro atoms. The van der Waals surface area contributed by atoms with E-state index in [9.17, 15) is 18.0 Å². The molecular formula is C22H25F3N6O2S. The number of ether oxygens (including phenoxy) is 1. The number of piperazine rings is 1. The fourth-order valence-electron chi connectivity index (χ4n) is 4.03. The number of methoxy groups -OCH3 is 1. The number of aryl methyl sites for hydroxylation is 2. The van der Waals surface area contributed by atoms with Crippen molar-refractivity contribution < 1.29 is 22.7 Å². The van der Waals surface area contributed by atoms with Gasteiger partial charge in [0.05, 0.1) is 7.11 Å². The second-order valence-corrected chi connectivity index (χ2v) is 9.12. The summed E-state index contributed by atoms with van der Waals surface area (Å²) in [4.78, 5) is 24.7. The molecular weight excluding hydrogens is 469 g/mol. The maximum absolute atomic E-state index is 13.5. The van der Waals surface area contributed by atoms with Gasteiger partial charge in [-0.05, 0) is 45.0 Å². The first-order chi connectivity index (χ1) is 16.1. The molecule has 1 amide bonds. The summed E-state index contributed by atoms with van der Waals surface area (Å²) in [5.74, 6) is 1.76. The summed E-state index contributed by atoms with van der Waals surface area (Å²) in [5.41, 5.74) is 0.853. The van der Waals surface area contributed by atoms with Crippen LogP contribution >= 0.6 is 11.3 Å². The van der Waals surface area contributed by atoms with Gasteiger partial charge in [0.2, 0.25) is 10.9 Å². The summed E-state index contributed by atoms with van der Waals surface area (Å²) in [6.07, 6.45) is -4.54. The first kappa shape index (κ1) is 24.0. The Morgan fingerprint density at radius 2 is 1.88 bits per heavy atom. The second kappa shape index (κ2) is 9.24. The molecule has 1 aliphatic heterocycles. The quantitative estimate of drug-likeness (QED) is 0.537. The molecule has 1 aromatic carbocycles. The third kappa shape index (κ3) is 4.86. The van der Waals surface area contributed by atoms with Gasteiger partial charge < -0.3 is 14.5 Å². The van der Waals surface area contributed by atoms with Crippen LogP contribution in [0, 0.1) is 13.8 Å². The van der Waals surface area contributed by atoms with E-state index in [2.05, 4.69) is 15.1 Å². The lowest BCUT2D eigenvalue weighted by atomic mass is 10.1. The molecule has 3 heterocycles. The highest BCUT2D eigenvalue weighted by molar-refractivity contribution is 7.16. The lowest BCUT2D eigenvalue weighted by Gasteiger charge is -2.40. The van der Waals surface area contributed by atoms with Gasteiger partial charge in [0, 0.05) is 31.2 Å². The van der Waals surface area contributed by atoms with Crippen LogP contribution in [-0.4, -0.2) is 63.3 Å². The van der Waals surface area contributed by atoms with Crippen LogP contribution in [0.15, 0.2) is 24.3 Å². The van der Waals surface area contributed by atoms with Crippen molar-refractivity contribution in [1.29, 1.82) is 0 Å². The number of hydrogen-bond donors (Lipinski definition) is 0.